The Morgan fingerprint density at radius 3 is 2.41 bits per heavy atom. The lowest BCUT2D eigenvalue weighted by molar-refractivity contribution is 0.0530. The molecule has 1 aromatic rings. The molecule has 1 saturated carbocycles. The van der Waals surface area contributed by atoms with Crippen molar-refractivity contribution in [1.82, 2.24) is 10.2 Å². The van der Waals surface area contributed by atoms with Crippen molar-refractivity contribution in [3.63, 3.8) is 0 Å². The topological polar surface area (TPSA) is 46.1 Å². The van der Waals surface area contributed by atoms with Gasteiger partial charge in [0.1, 0.15) is 5.75 Å². The minimum atomic E-state index is 0. The Morgan fingerprint density at radius 2 is 1.86 bits per heavy atom. The van der Waals surface area contributed by atoms with Crippen LogP contribution >= 0.6 is 24.0 Å². The molecule has 3 aliphatic rings. The summed E-state index contributed by atoms with van der Waals surface area (Å²) in [5.41, 5.74) is 2.00. The number of ether oxygens (including phenoxy) is 2. The number of halogens is 1. The molecule has 2 heterocycles. The summed E-state index contributed by atoms with van der Waals surface area (Å²) in [5.74, 6) is 2.01. The molecule has 4 rings (SSSR count). The molecule has 3 fully saturated rings. The predicted octanol–water partition coefficient (Wildman–Crippen LogP) is 4.20. The average Bonchev–Trinajstić information content (AvgIpc) is 3.18. The first-order valence-corrected chi connectivity index (χ1v) is 10.9. The van der Waals surface area contributed by atoms with E-state index in [0.717, 1.165) is 57.4 Å². The van der Waals surface area contributed by atoms with Gasteiger partial charge >= 0.3 is 0 Å². The van der Waals surface area contributed by atoms with Gasteiger partial charge in [0, 0.05) is 38.3 Å². The summed E-state index contributed by atoms with van der Waals surface area (Å²) in [4.78, 5) is 7.68. The molecule has 1 N–H and O–H groups in total. The summed E-state index contributed by atoms with van der Waals surface area (Å²) in [6.07, 6.45) is 7.57. The van der Waals surface area contributed by atoms with Gasteiger partial charge in [-0.25, -0.2) is 0 Å². The fraction of sp³-hybridized carbons (Fsp3) is 0.696. The van der Waals surface area contributed by atoms with Crippen LogP contribution in [-0.2, 0) is 10.2 Å². The molecule has 0 radical (unpaired) electrons. The Labute approximate surface area is 192 Å². The third-order valence-electron chi connectivity index (χ3n) is 7.17. The minimum absolute atomic E-state index is 0. The number of rotatable bonds is 5. The molecule has 162 valence electrons. The SMILES string of the molecule is CCNC(=NCC1(c2ccc(OC)cc2)CCOCC1)N1CCC2(CCC2)C1.I. The Hall–Kier alpha value is -1.02. The van der Waals surface area contributed by atoms with E-state index >= 15 is 0 Å². The zero-order chi connectivity index (χ0) is 19.5. The monoisotopic (exact) mass is 513 g/mol. The van der Waals surface area contributed by atoms with Gasteiger partial charge in [-0.05, 0) is 62.1 Å². The standard InChI is InChI=1S/C23H35N3O2.HI/c1-3-24-21(26-14-11-22(18-26)9-4-10-22)25-17-23(12-15-28-16-13-23)19-5-7-20(27-2)8-6-19;/h5-8H,3-4,9-18H2,1-2H3,(H,24,25);1H. The number of benzene rings is 1. The number of aliphatic imine (C=N–C) groups is 1. The molecule has 0 aromatic heterocycles. The molecule has 6 heteroatoms. The van der Waals surface area contributed by atoms with Gasteiger partial charge in [-0.2, -0.15) is 0 Å². The number of nitrogens with one attached hydrogen (secondary N) is 1. The van der Waals surface area contributed by atoms with Crippen molar-refractivity contribution >= 4 is 29.9 Å². The van der Waals surface area contributed by atoms with E-state index in [2.05, 4.69) is 41.4 Å². The summed E-state index contributed by atoms with van der Waals surface area (Å²) >= 11 is 0. The first-order valence-electron chi connectivity index (χ1n) is 10.9. The Balaban J connectivity index is 0.00000240. The molecule has 29 heavy (non-hydrogen) atoms. The van der Waals surface area contributed by atoms with Gasteiger partial charge in [0.2, 0.25) is 0 Å². The van der Waals surface area contributed by atoms with E-state index in [1.165, 1.54) is 37.8 Å². The van der Waals surface area contributed by atoms with Crippen LogP contribution in [0.1, 0.15) is 51.0 Å². The Bertz CT molecular complexity index is 682. The van der Waals surface area contributed by atoms with E-state index in [0.29, 0.717) is 5.41 Å². The molecular formula is C23H36IN3O2. The highest BCUT2D eigenvalue weighted by Crippen LogP contribution is 2.48. The number of likely N-dealkylation sites (tertiary alicyclic amines) is 1. The first kappa shape index (κ1) is 22.7. The van der Waals surface area contributed by atoms with Crippen molar-refractivity contribution in [1.29, 1.82) is 0 Å². The largest absolute Gasteiger partial charge is 0.497 e. The maximum atomic E-state index is 5.70. The summed E-state index contributed by atoms with van der Waals surface area (Å²) in [7, 11) is 1.72. The van der Waals surface area contributed by atoms with Crippen LogP contribution < -0.4 is 10.1 Å². The number of guanidine groups is 1. The molecule has 0 atom stereocenters. The fourth-order valence-electron chi connectivity index (χ4n) is 5.10. The van der Waals surface area contributed by atoms with Crippen LogP contribution in [0.2, 0.25) is 0 Å². The van der Waals surface area contributed by atoms with Gasteiger partial charge in [0.15, 0.2) is 5.96 Å². The summed E-state index contributed by atoms with van der Waals surface area (Å²) in [6, 6.07) is 8.57. The minimum Gasteiger partial charge on any atom is -0.497 e. The second kappa shape index (κ2) is 9.86. The zero-order valence-electron chi connectivity index (χ0n) is 17.9. The van der Waals surface area contributed by atoms with Crippen molar-refractivity contribution in [2.75, 3.05) is 46.5 Å². The van der Waals surface area contributed by atoms with Crippen molar-refractivity contribution in [3.05, 3.63) is 29.8 Å². The molecule has 1 aromatic carbocycles. The van der Waals surface area contributed by atoms with Crippen LogP contribution in [0.4, 0.5) is 0 Å². The molecule has 1 aliphatic carbocycles. The summed E-state index contributed by atoms with van der Waals surface area (Å²) in [5, 5.41) is 3.56. The van der Waals surface area contributed by atoms with Gasteiger partial charge in [-0.15, -0.1) is 24.0 Å². The predicted molar refractivity (Wildman–Crippen MR) is 129 cm³/mol. The highest BCUT2D eigenvalue weighted by atomic mass is 127. The third kappa shape index (κ3) is 4.84. The maximum Gasteiger partial charge on any atom is 0.193 e. The highest BCUT2D eigenvalue weighted by molar-refractivity contribution is 14.0. The van der Waals surface area contributed by atoms with E-state index in [1.807, 2.05) is 0 Å². The van der Waals surface area contributed by atoms with Crippen molar-refractivity contribution in [3.8, 4) is 5.75 Å². The van der Waals surface area contributed by atoms with Gasteiger partial charge in [0.05, 0.1) is 13.7 Å². The molecule has 0 amide bonds. The van der Waals surface area contributed by atoms with E-state index in [9.17, 15) is 0 Å². The molecule has 0 bridgehead atoms. The summed E-state index contributed by atoms with van der Waals surface area (Å²) < 4.78 is 11.0. The lowest BCUT2D eigenvalue weighted by Gasteiger charge is -2.39. The Morgan fingerprint density at radius 1 is 1.14 bits per heavy atom. The van der Waals surface area contributed by atoms with E-state index in [4.69, 9.17) is 14.5 Å². The number of methoxy groups -OCH3 is 1. The zero-order valence-corrected chi connectivity index (χ0v) is 20.2. The van der Waals surface area contributed by atoms with Crippen molar-refractivity contribution in [2.45, 2.75) is 50.9 Å². The van der Waals surface area contributed by atoms with Crippen molar-refractivity contribution in [2.24, 2.45) is 10.4 Å². The summed E-state index contributed by atoms with van der Waals surface area (Å²) in [6.45, 7) is 7.84. The van der Waals surface area contributed by atoms with Crippen LogP contribution in [0.15, 0.2) is 29.3 Å². The van der Waals surface area contributed by atoms with Gasteiger partial charge in [0.25, 0.3) is 0 Å². The number of hydrogen-bond acceptors (Lipinski definition) is 3. The molecule has 2 aliphatic heterocycles. The first-order chi connectivity index (χ1) is 13.7. The normalized spacial score (nSPS) is 22.7. The molecule has 0 unspecified atom stereocenters. The van der Waals surface area contributed by atoms with Crippen LogP contribution in [0.3, 0.4) is 0 Å². The Kier molecular flexibility index (Phi) is 7.70. The molecule has 1 spiro atoms. The van der Waals surface area contributed by atoms with Gasteiger partial charge < -0.3 is 19.7 Å². The van der Waals surface area contributed by atoms with E-state index in [1.54, 1.807) is 7.11 Å². The lowest BCUT2D eigenvalue weighted by atomic mass is 9.68. The van der Waals surface area contributed by atoms with Gasteiger partial charge in [-0.3, -0.25) is 4.99 Å². The second-order valence-electron chi connectivity index (χ2n) is 8.82. The molecule has 2 saturated heterocycles. The van der Waals surface area contributed by atoms with Crippen LogP contribution in [0.5, 0.6) is 5.75 Å². The van der Waals surface area contributed by atoms with Crippen molar-refractivity contribution < 1.29 is 9.47 Å². The van der Waals surface area contributed by atoms with Gasteiger partial charge in [-0.1, -0.05) is 18.6 Å². The quantitative estimate of drug-likeness (QED) is 0.364. The number of nitrogens with zero attached hydrogens (tertiary/aromatic N) is 2. The second-order valence-corrected chi connectivity index (χ2v) is 8.82. The van der Waals surface area contributed by atoms with E-state index < -0.39 is 0 Å². The lowest BCUT2D eigenvalue weighted by Crippen LogP contribution is -2.44. The molecule has 5 nitrogen and oxygen atoms in total. The van der Waals surface area contributed by atoms with Crippen LogP contribution in [0.25, 0.3) is 0 Å². The highest BCUT2D eigenvalue weighted by Gasteiger charge is 2.43. The third-order valence-corrected chi connectivity index (χ3v) is 7.17. The maximum absolute atomic E-state index is 5.70. The molecular weight excluding hydrogens is 477 g/mol. The van der Waals surface area contributed by atoms with E-state index in [-0.39, 0.29) is 29.4 Å². The van der Waals surface area contributed by atoms with Crippen LogP contribution in [0, 0.1) is 5.41 Å². The fourth-order valence-corrected chi connectivity index (χ4v) is 5.10. The average molecular weight is 513 g/mol. The smallest absolute Gasteiger partial charge is 0.193 e. The van der Waals surface area contributed by atoms with Crippen LogP contribution in [-0.4, -0.2) is 57.4 Å². The number of hydrogen-bond donors (Lipinski definition) is 1.